The molecule has 1 amide bonds. The molecule has 162 valence electrons. The minimum absolute atomic E-state index is 0.195. The Kier molecular flexibility index (Phi) is 9.89. The Balaban J connectivity index is 2.12. The molecule has 2 rings (SSSR count). The number of thioether (sulfide) groups is 1. The maximum atomic E-state index is 12.6. The molecule has 6 nitrogen and oxygen atoms in total. The van der Waals surface area contributed by atoms with E-state index >= 15 is 0 Å². The molecule has 0 spiro atoms. The summed E-state index contributed by atoms with van der Waals surface area (Å²) >= 11 is 2.72. The summed E-state index contributed by atoms with van der Waals surface area (Å²) in [6.07, 6.45) is 3.66. The lowest BCUT2D eigenvalue weighted by atomic mass is 10.1. The SMILES string of the molecule is CCOC(=O)c1c(NC(=O)CCCSC)sc(C(=O)OCCc2ccccc2)c1C. The van der Waals surface area contributed by atoms with Crippen molar-refractivity contribution in [2.75, 3.05) is 30.5 Å². The van der Waals surface area contributed by atoms with Crippen LogP contribution in [-0.4, -0.2) is 43.1 Å². The average molecular weight is 450 g/mol. The molecular weight excluding hydrogens is 422 g/mol. The molecule has 30 heavy (non-hydrogen) atoms. The van der Waals surface area contributed by atoms with Crippen molar-refractivity contribution < 1.29 is 23.9 Å². The summed E-state index contributed by atoms with van der Waals surface area (Å²) < 4.78 is 10.5. The number of hydrogen-bond donors (Lipinski definition) is 1. The van der Waals surface area contributed by atoms with E-state index in [1.165, 1.54) is 0 Å². The number of carbonyl (C=O) groups excluding carboxylic acids is 3. The largest absolute Gasteiger partial charge is 0.462 e. The number of benzene rings is 1. The molecule has 0 aliphatic rings. The summed E-state index contributed by atoms with van der Waals surface area (Å²) in [4.78, 5) is 37.6. The number of nitrogens with one attached hydrogen (secondary N) is 1. The quantitative estimate of drug-likeness (QED) is 0.395. The van der Waals surface area contributed by atoms with E-state index in [2.05, 4.69) is 5.32 Å². The molecule has 1 heterocycles. The lowest BCUT2D eigenvalue weighted by Gasteiger charge is -2.07. The van der Waals surface area contributed by atoms with Crippen molar-refractivity contribution in [3.05, 3.63) is 51.9 Å². The van der Waals surface area contributed by atoms with Crippen LogP contribution < -0.4 is 5.32 Å². The van der Waals surface area contributed by atoms with Crippen molar-refractivity contribution in [2.45, 2.75) is 33.1 Å². The summed E-state index contributed by atoms with van der Waals surface area (Å²) in [6, 6.07) is 9.72. The molecule has 0 atom stereocenters. The Morgan fingerprint density at radius 2 is 1.83 bits per heavy atom. The molecule has 0 saturated heterocycles. The molecule has 8 heteroatoms. The summed E-state index contributed by atoms with van der Waals surface area (Å²) in [6.45, 7) is 3.80. The number of anilines is 1. The highest BCUT2D eigenvalue weighted by Gasteiger charge is 2.27. The lowest BCUT2D eigenvalue weighted by molar-refractivity contribution is -0.116. The van der Waals surface area contributed by atoms with Crippen LogP contribution in [0.1, 0.15) is 50.9 Å². The molecule has 0 unspecified atom stereocenters. The van der Waals surface area contributed by atoms with Crippen LogP contribution in [0.4, 0.5) is 5.00 Å². The van der Waals surface area contributed by atoms with E-state index in [4.69, 9.17) is 9.47 Å². The van der Waals surface area contributed by atoms with Gasteiger partial charge in [-0.25, -0.2) is 9.59 Å². The number of rotatable bonds is 11. The first kappa shape index (κ1) is 24.0. The zero-order chi connectivity index (χ0) is 21.9. The van der Waals surface area contributed by atoms with E-state index in [0.29, 0.717) is 28.3 Å². The third kappa shape index (κ3) is 6.88. The molecule has 0 bridgehead atoms. The summed E-state index contributed by atoms with van der Waals surface area (Å²) in [5.74, 6) is -0.392. The van der Waals surface area contributed by atoms with Crippen molar-refractivity contribution in [2.24, 2.45) is 0 Å². The van der Waals surface area contributed by atoms with Crippen molar-refractivity contribution >= 4 is 45.9 Å². The lowest BCUT2D eigenvalue weighted by Crippen LogP contribution is -2.14. The molecule has 0 fully saturated rings. The number of amides is 1. The van der Waals surface area contributed by atoms with Crippen LogP contribution in [0.15, 0.2) is 30.3 Å². The maximum Gasteiger partial charge on any atom is 0.348 e. The highest BCUT2D eigenvalue weighted by atomic mass is 32.2. The van der Waals surface area contributed by atoms with Gasteiger partial charge in [-0.05, 0) is 43.4 Å². The topological polar surface area (TPSA) is 81.7 Å². The molecular formula is C22H27NO5S2. The highest BCUT2D eigenvalue weighted by molar-refractivity contribution is 7.98. The monoisotopic (exact) mass is 449 g/mol. The number of thiophene rings is 1. The normalized spacial score (nSPS) is 10.5. The van der Waals surface area contributed by atoms with Crippen molar-refractivity contribution in [3.63, 3.8) is 0 Å². The molecule has 1 aromatic carbocycles. The fraction of sp³-hybridized carbons (Fsp3) is 0.409. The van der Waals surface area contributed by atoms with E-state index < -0.39 is 11.9 Å². The molecule has 0 aliphatic heterocycles. The van der Waals surface area contributed by atoms with Gasteiger partial charge in [-0.1, -0.05) is 30.3 Å². The summed E-state index contributed by atoms with van der Waals surface area (Å²) in [5.41, 5.74) is 1.75. The molecule has 0 aliphatic carbocycles. The van der Waals surface area contributed by atoms with Crippen LogP contribution in [-0.2, 0) is 20.7 Å². The fourth-order valence-electron chi connectivity index (χ4n) is 2.78. The zero-order valence-corrected chi connectivity index (χ0v) is 19.1. The fourth-order valence-corrected chi connectivity index (χ4v) is 4.32. The Morgan fingerprint density at radius 3 is 2.50 bits per heavy atom. The Bertz CT molecular complexity index is 864. The van der Waals surface area contributed by atoms with Crippen molar-refractivity contribution in [1.82, 2.24) is 0 Å². The first-order valence-corrected chi connectivity index (χ1v) is 12.0. The second-order valence-corrected chi connectivity index (χ2v) is 8.50. The molecule has 0 saturated carbocycles. The van der Waals surface area contributed by atoms with Gasteiger partial charge in [0.1, 0.15) is 9.88 Å². The molecule has 2 aromatic rings. The van der Waals surface area contributed by atoms with Gasteiger partial charge in [-0.2, -0.15) is 11.8 Å². The van der Waals surface area contributed by atoms with Gasteiger partial charge in [0, 0.05) is 12.8 Å². The van der Waals surface area contributed by atoms with Gasteiger partial charge < -0.3 is 14.8 Å². The first-order chi connectivity index (χ1) is 14.5. The second kappa shape index (κ2) is 12.4. The minimum Gasteiger partial charge on any atom is -0.462 e. The Morgan fingerprint density at radius 1 is 1.10 bits per heavy atom. The van der Waals surface area contributed by atoms with Crippen LogP contribution in [0, 0.1) is 6.92 Å². The summed E-state index contributed by atoms with van der Waals surface area (Å²) in [5, 5.41) is 3.10. The van der Waals surface area contributed by atoms with Crippen LogP contribution >= 0.6 is 23.1 Å². The van der Waals surface area contributed by atoms with Crippen molar-refractivity contribution in [1.29, 1.82) is 0 Å². The maximum absolute atomic E-state index is 12.6. The van der Waals surface area contributed by atoms with Crippen LogP contribution in [0.3, 0.4) is 0 Å². The van der Waals surface area contributed by atoms with Gasteiger partial charge in [0.15, 0.2) is 0 Å². The second-order valence-electron chi connectivity index (χ2n) is 6.50. The standard InChI is InChI=1S/C22H27NO5S2/c1-4-27-21(25)18-15(2)19(30-20(18)23-17(24)11-8-14-29-3)22(26)28-13-12-16-9-6-5-7-10-16/h5-7,9-10H,4,8,11-14H2,1-3H3,(H,23,24). The zero-order valence-electron chi connectivity index (χ0n) is 17.5. The molecule has 0 radical (unpaired) electrons. The number of ether oxygens (including phenoxy) is 2. The molecule has 1 aromatic heterocycles. The van der Waals surface area contributed by atoms with Gasteiger partial charge >= 0.3 is 11.9 Å². The Labute approximate surface area is 185 Å². The van der Waals surface area contributed by atoms with Gasteiger partial charge in [-0.15, -0.1) is 11.3 Å². The van der Waals surface area contributed by atoms with E-state index in [1.54, 1.807) is 25.6 Å². The van der Waals surface area contributed by atoms with Gasteiger partial charge in [0.25, 0.3) is 0 Å². The van der Waals surface area contributed by atoms with Gasteiger partial charge in [0.2, 0.25) is 5.91 Å². The van der Waals surface area contributed by atoms with Crippen molar-refractivity contribution in [3.8, 4) is 0 Å². The summed E-state index contributed by atoms with van der Waals surface area (Å²) in [7, 11) is 0. The van der Waals surface area contributed by atoms with E-state index in [9.17, 15) is 14.4 Å². The number of esters is 2. The smallest absolute Gasteiger partial charge is 0.348 e. The van der Waals surface area contributed by atoms with E-state index in [1.807, 2.05) is 36.6 Å². The minimum atomic E-state index is -0.561. The van der Waals surface area contributed by atoms with Crippen LogP contribution in [0.25, 0.3) is 0 Å². The number of hydrogen-bond acceptors (Lipinski definition) is 7. The third-order valence-corrected chi connectivity index (χ3v) is 6.17. The Hall–Kier alpha value is -2.32. The average Bonchev–Trinajstić information content (AvgIpc) is 3.05. The number of carbonyl (C=O) groups is 3. The van der Waals surface area contributed by atoms with Crippen LogP contribution in [0.5, 0.6) is 0 Å². The predicted molar refractivity (Wildman–Crippen MR) is 122 cm³/mol. The van der Waals surface area contributed by atoms with E-state index in [0.717, 1.165) is 29.1 Å². The van der Waals surface area contributed by atoms with Gasteiger partial charge in [-0.3, -0.25) is 4.79 Å². The molecule has 1 N–H and O–H groups in total. The van der Waals surface area contributed by atoms with Crippen LogP contribution in [0.2, 0.25) is 0 Å². The first-order valence-electron chi connectivity index (χ1n) is 9.78. The highest BCUT2D eigenvalue weighted by Crippen LogP contribution is 2.34. The van der Waals surface area contributed by atoms with E-state index in [-0.39, 0.29) is 24.7 Å². The predicted octanol–water partition coefficient (Wildman–Crippen LogP) is 4.71. The van der Waals surface area contributed by atoms with Gasteiger partial charge in [0.05, 0.1) is 18.8 Å². The third-order valence-electron chi connectivity index (χ3n) is 4.28.